The summed E-state index contributed by atoms with van der Waals surface area (Å²) >= 11 is 0. The molecule has 5 nitrogen and oxygen atoms in total. The molecule has 0 saturated carbocycles. The summed E-state index contributed by atoms with van der Waals surface area (Å²) in [5.41, 5.74) is 0. The van der Waals surface area contributed by atoms with Gasteiger partial charge in [0.25, 0.3) is 0 Å². The maximum Gasteiger partial charge on any atom is 0.231 e. The number of fused-ring (bicyclic) bond motifs is 1. The highest BCUT2D eigenvalue weighted by atomic mass is 35.5. The lowest BCUT2D eigenvalue weighted by molar-refractivity contribution is 0.0208. The minimum Gasteiger partial charge on any atom is -0.491 e. The van der Waals surface area contributed by atoms with E-state index in [-0.39, 0.29) is 25.8 Å². The third-order valence-electron chi connectivity index (χ3n) is 4.58. The van der Waals surface area contributed by atoms with E-state index in [0.717, 1.165) is 5.75 Å². The Morgan fingerprint density at radius 2 is 1.91 bits per heavy atom. The SMILES string of the molecule is CC1CCCC(C)N1CC(O)COc1ccc2c(c1)OCO2.Cl. The van der Waals surface area contributed by atoms with Crippen LogP contribution >= 0.6 is 12.4 Å². The molecule has 1 aromatic carbocycles. The van der Waals surface area contributed by atoms with Crippen LogP contribution in [0.3, 0.4) is 0 Å². The summed E-state index contributed by atoms with van der Waals surface area (Å²) in [6.45, 7) is 5.68. The summed E-state index contributed by atoms with van der Waals surface area (Å²) in [4.78, 5) is 2.39. The quantitative estimate of drug-likeness (QED) is 0.891. The second-order valence-corrected chi connectivity index (χ2v) is 6.31. The Hall–Kier alpha value is -1.17. The standard InChI is InChI=1S/C17H25NO4.ClH/c1-12-4-3-5-13(2)18(12)9-14(19)10-20-15-6-7-16-17(8-15)22-11-21-16;/h6-8,12-14,19H,3-5,9-11H2,1-2H3;1H. The van der Waals surface area contributed by atoms with Crippen LogP contribution in [0.5, 0.6) is 17.2 Å². The van der Waals surface area contributed by atoms with Crippen LogP contribution < -0.4 is 14.2 Å². The number of aliphatic hydroxyl groups is 1. The van der Waals surface area contributed by atoms with Crippen molar-refractivity contribution >= 4 is 12.4 Å². The highest BCUT2D eigenvalue weighted by Gasteiger charge is 2.26. The van der Waals surface area contributed by atoms with Gasteiger partial charge in [0.15, 0.2) is 11.5 Å². The Morgan fingerprint density at radius 3 is 2.65 bits per heavy atom. The third kappa shape index (κ3) is 4.43. The molecule has 23 heavy (non-hydrogen) atoms. The molecule has 2 heterocycles. The normalized spacial score (nSPS) is 24.8. The molecule has 3 unspecified atom stereocenters. The second kappa shape index (κ2) is 8.08. The molecule has 1 saturated heterocycles. The number of nitrogens with zero attached hydrogens (tertiary/aromatic N) is 1. The first-order chi connectivity index (χ1) is 10.6. The van der Waals surface area contributed by atoms with Crippen LogP contribution in [0.15, 0.2) is 18.2 Å². The molecule has 3 atom stereocenters. The van der Waals surface area contributed by atoms with E-state index in [1.807, 2.05) is 12.1 Å². The van der Waals surface area contributed by atoms with Crippen LogP contribution in [-0.2, 0) is 0 Å². The number of ether oxygens (including phenoxy) is 3. The predicted molar refractivity (Wildman–Crippen MR) is 90.8 cm³/mol. The molecule has 1 fully saturated rings. The van der Waals surface area contributed by atoms with Crippen LogP contribution in [0.25, 0.3) is 0 Å². The molecule has 0 spiro atoms. The van der Waals surface area contributed by atoms with Crippen molar-refractivity contribution in [3.8, 4) is 17.2 Å². The molecule has 1 N–H and O–H groups in total. The third-order valence-corrected chi connectivity index (χ3v) is 4.58. The van der Waals surface area contributed by atoms with E-state index in [1.54, 1.807) is 6.07 Å². The molecular formula is C17H26ClNO4. The topological polar surface area (TPSA) is 51.2 Å². The van der Waals surface area contributed by atoms with Gasteiger partial charge in [0.05, 0.1) is 0 Å². The van der Waals surface area contributed by atoms with E-state index in [2.05, 4.69) is 18.7 Å². The molecule has 0 bridgehead atoms. The first-order valence-corrected chi connectivity index (χ1v) is 8.09. The molecule has 0 aliphatic carbocycles. The molecule has 0 amide bonds. The molecule has 0 aromatic heterocycles. The Kier molecular flexibility index (Phi) is 6.39. The number of β-amino-alcohol motifs (C(OH)–C–C–N with tert-alkyl or cyclic N) is 1. The fourth-order valence-electron chi connectivity index (χ4n) is 3.29. The van der Waals surface area contributed by atoms with Crippen LogP contribution in [0, 0.1) is 0 Å². The minimum atomic E-state index is -0.492. The zero-order valence-corrected chi connectivity index (χ0v) is 14.6. The summed E-state index contributed by atoms with van der Waals surface area (Å²) < 4.78 is 16.3. The lowest BCUT2D eigenvalue weighted by Crippen LogP contribution is -2.48. The van der Waals surface area contributed by atoms with Crippen LogP contribution in [0.1, 0.15) is 33.1 Å². The highest BCUT2D eigenvalue weighted by Crippen LogP contribution is 2.35. The predicted octanol–water partition coefficient (Wildman–Crippen LogP) is 2.84. The number of piperidine rings is 1. The van der Waals surface area contributed by atoms with Crippen LogP contribution in [0.4, 0.5) is 0 Å². The molecule has 130 valence electrons. The first-order valence-electron chi connectivity index (χ1n) is 8.09. The monoisotopic (exact) mass is 343 g/mol. The Balaban J connectivity index is 0.00000192. The lowest BCUT2D eigenvalue weighted by Gasteiger charge is -2.40. The van der Waals surface area contributed by atoms with Crippen molar-refractivity contribution in [3.05, 3.63) is 18.2 Å². The van der Waals surface area contributed by atoms with Gasteiger partial charge < -0.3 is 19.3 Å². The average molecular weight is 344 g/mol. The molecule has 1 aromatic rings. The second-order valence-electron chi connectivity index (χ2n) is 6.31. The number of likely N-dealkylation sites (tertiary alicyclic amines) is 1. The van der Waals surface area contributed by atoms with E-state index in [9.17, 15) is 5.11 Å². The maximum absolute atomic E-state index is 10.3. The summed E-state index contributed by atoms with van der Waals surface area (Å²) in [7, 11) is 0. The largest absolute Gasteiger partial charge is 0.491 e. The van der Waals surface area contributed by atoms with Crippen molar-refractivity contribution in [3.63, 3.8) is 0 Å². The minimum absolute atomic E-state index is 0. The van der Waals surface area contributed by atoms with E-state index >= 15 is 0 Å². The average Bonchev–Trinajstić information content (AvgIpc) is 2.96. The van der Waals surface area contributed by atoms with Gasteiger partial charge in [-0.3, -0.25) is 4.90 Å². The Labute approximate surface area is 143 Å². The van der Waals surface area contributed by atoms with Gasteiger partial charge in [-0.1, -0.05) is 6.42 Å². The van der Waals surface area contributed by atoms with Gasteiger partial charge in [-0.05, 0) is 38.8 Å². The van der Waals surface area contributed by atoms with Crippen molar-refractivity contribution in [1.82, 2.24) is 4.90 Å². The molecule has 0 radical (unpaired) electrons. The van der Waals surface area contributed by atoms with Gasteiger partial charge in [-0.25, -0.2) is 0 Å². The van der Waals surface area contributed by atoms with E-state index < -0.39 is 6.10 Å². The van der Waals surface area contributed by atoms with Crippen molar-refractivity contribution in [2.45, 2.75) is 51.3 Å². The maximum atomic E-state index is 10.3. The van der Waals surface area contributed by atoms with E-state index in [4.69, 9.17) is 14.2 Å². The van der Waals surface area contributed by atoms with E-state index in [0.29, 0.717) is 30.1 Å². The summed E-state index contributed by atoms with van der Waals surface area (Å²) in [6, 6.07) is 6.54. The zero-order valence-electron chi connectivity index (χ0n) is 13.7. The smallest absolute Gasteiger partial charge is 0.231 e. The number of benzene rings is 1. The van der Waals surface area contributed by atoms with Gasteiger partial charge in [-0.15, -0.1) is 12.4 Å². The number of hydrogen-bond donors (Lipinski definition) is 1. The number of rotatable bonds is 5. The van der Waals surface area contributed by atoms with Crippen molar-refractivity contribution in [1.29, 1.82) is 0 Å². The first kappa shape index (κ1) is 18.2. The van der Waals surface area contributed by atoms with E-state index in [1.165, 1.54) is 19.3 Å². The lowest BCUT2D eigenvalue weighted by atomic mass is 9.97. The summed E-state index contributed by atoms with van der Waals surface area (Å²) in [6.07, 6.45) is 3.21. The number of halogens is 1. The van der Waals surface area contributed by atoms with Crippen LogP contribution in [0.2, 0.25) is 0 Å². The van der Waals surface area contributed by atoms with Gasteiger partial charge in [0.1, 0.15) is 18.5 Å². The van der Waals surface area contributed by atoms with Crippen molar-refractivity contribution in [2.75, 3.05) is 19.9 Å². The molecular weight excluding hydrogens is 318 g/mol. The van der Waals surface area contributed by atoms with Gasteiger partial charge in [-0.2, -0.15) is 0 Å². The molecule has 2 aliphatic rings. The van der Waals surface area contributed by atoms with Gasteiger partial charge in [0.2, 0.25) is 6.79 Å². The summed E-state index contributed by atoms with van der Waals surface area (Å²) in [5.74, 6) is 2.14. The fourth-order valence-corrected chi connectivity index (χ4v) is 3.29. The van der Waals surface area contributed by atoms with Crippen molar-refractivity contribution < 1.29 is 19.3 Å². The molecule has 2 aliphatic heterocycles. The van der Waals surface area contributed by atoms with Crippen molar-refractivity contribution in [2.24, 2.45) is 0 Å². The van der Waals surface area contributed by atoms with Crippen LogP contribution in [-0.4, -0.2) is 48.1 Å². The summed E-state index contributed by atoms with van der Waals surface area (Å²) in [5, 5.41) is 10.3. The Morgan fingerprint density at radius 1 is 1.22 bits per heavy atom. The Bertz CT molecular complexity index is 503. The fraction of sp³-hybridized carbons (Fsp3) is 0.647. The van der Waals surface area contributed by atoms with Gasteiger partial charge in [0, 0.05) is 24.7 Å². The molecule has 6 heteroatoms. The molecule has 3 rings (SSSR count). The highest BCUT2D eigenvalue weighted by molar-refractivity contribution is 5.85. The number of hydrogen-bond acceptors (Lipinski definition) is 5. The van der Waals surface area contributed by atoms with Gasteiger partial charge >= 0.3 is 0 Å². The zero-order chi connectivity index (χ0) is 15.5. The number of aliphatic hydroxyl groups excluding tert-OH is 1.